The molecule has 0 aliphatic carbocycles. The van der Waals surface area contributed by atoms with Crippen molar-refractivity contribution in [2.45, 2.75) is 211 Å². The number of nitrogens with zero attached hydrogens (tertiary/aromatic N) is 1. The fraction of sp³-hybridized carbons (Fsp3) is 0.875. The molecule has 0 aromatic carbocycles. The third-order valence-electron chi connectivity index (χ3n) is 8.13. The summed E-state index contributed by atoms with van der Waals surface area (Å²) < 4.78 is 9.34. The van der Waals surface area contributed by atoms with Gasteiger partial charge in [0.2, 0.25) is 12.6 Å². The molecule has 0 spiro atoms. The monoisotopic (exact) mass is 703 g/mol. The number of unbranched alkanes of at least 4 members (excludes halogenated alkanes) is 12. The summed E-state index contributed by atoms with van der Waals surface area (Å²) in [5.74, 6) is 1.83. The number of carbonyl (C=O) groups excluding carboxylic acids is 1. The third kappa shape index (κ3) is 41.3. The van der Waals surface area contributed by atoms with Crippen molar-refractivity contribution in [3.63, 3.8) is 0 Å². The molecule has 0 radical (unpaired) electrons. The molecule has 0 bridgehead atoms. The zero-order valence-corrected chi connectivity index (χ0v) is 35.9. The van der Waals surface area contributed by atoms with E-state index in [-0.39, 0.29) is 18.0 Å². The minimum absolute atomic E-state index is 0.0614. The Bertz CT molecular complexity index is 714. The molecule has 1 N–H and O–H groups in total. The summed E-state index contributed by atoms with van der Waals surface area (Å²) in [6, 6.07) is 0. The van der Waals surface area contributed by atoms with Gasteiger partial charge in [-0.05, 0) is 56.9 Å². The van der Waals surface area contributed by atoms with Crippen molar-refractivity contribution >= 4 is 48.4 Å². The molecule has 47 heavy (non-hydrogen) atoms. The van der Waals surface area contributed by atoms with E-state index in [1.54, 1.807) is 6.92 Å². The summed E-state index contributed by atoms with van der Waals surface area (Å²) in [5.41, 5.74) is 1.61. The van der Waals surface area contributed by atoms with Crippen LogP contribution in [0.15, 0.2) is 16.0 Å². The first kappa shape index (κ1) is 55.7. The zero-order valence-electron chi connectivity index (χ0n) is 34.2. The van der Waals surface area contributed by atoms with E-state index in [9.17, 15) is 4.79 Å². The number of ether oxygens (including phenoxy) is 1. The van der Waals surface area contributed by atoms with E-state index in [0.717, 1.165) is 49.4 Å². The van der Waals surface area contributed by atoms with Crippen LogP contribution in [0.25, 0.3) is 0 Å². The highest BCUT2D eigenvalue weighted by Crippen LogP contribution is 2.16. The van der Waals surface area contributed by atoms with Gasteiger partial charge in [-0.1, -0.05) is 185 Å². The van der Waals surface area contributed by atoms with Crippen LogP contribution in [0.1, 0.15) is 193 Å². The van der Waals surface area contributed by atoms with Crippen LogP contribution in [0.3, 0.4) is 0 Å². The minimum atomic E-state index is -0.212. The largest absolute Gasteiger partial charge is 0.477 e. The lowest BCUT2D eigenvalue weighted by Crippen LogP contribution is -2.23. The number of hydrogen-bond acceptors (Lipinski definition) is 5. The third-order valence-corrected chi connectivity index (χ3v) is 8.57. The number of hydrogen-bond donors (Lipinski definition) is 2. The Labute approximate surface area is 308 Å². The first-order chi connectivity index (χ1) is 22.4. The summed E-state index contributed by atoms with van der Waals surface area (Å²) in [5, 5.41) is 7.77. The Morgan fingerprint density at radius 1 is 0.809 bits per heavy atom. The van der Waals surface area contributed by atoms with Gasteiger partial charge < -0.3 is 9.53 Å². The van der Waals surface area contributed by atoms with Gasteiger partial charge >= 0.3 is 0 Å². The van der Waals surface area contributed by atoms with Crippen LogP contribution in [0.5, 0.6) is 0 Å². The number of allylic oxidation sites excluding steroid dienone is 1. The highest BCUT2D eigenvalue weighted by Gasteiger charge is 2.18. The second-order valence-corrected chi connectivity index (χ2v) is 13.4. The van der Waals surface area contributed by atoms with Gasteiger partial charge in [-0.2, -0.15) is 0 Å². The molecule has 0 saturated carbocycles. The average Bonchev–Trinajstić information content (AvgIpc) is 3.07. The van der Waals surface area contributed by atoms with Crippen molar-refractivity contribution in [1.29, 1.82) is 5.41 Å². The van der Waals surface area contributed by atoms with Crippen LogP contribution in [0.2, 0.25) is 13.1 Å². The van der Waals surface area contributed by atoms with Gasteiger partial charge in [-0.15, -0.1) is 11.6 Å². The fourth-order valence-electron chi connectivity index (χ4n) is 4.19. The van der Waals surface area contributed by atoms with Crippen molar-refractivity contribution in [2.24, 2.45) is 16.2 Å². The van der Waals surface area contributed by atoms with E-state index in [2.05, 4.69) is 65.7 Å². The number of nitrogens with one attached hydrogen (secondary N) is 1. The van der Waals surface area contributed by atoms with E-state index >= 15 is 0 Å². The molecule has 0 aromatic rings. The Kier molecular flexibility index (Phi) is 53.6. The Balaban J connectivity index is -0.000000193. The normalized spacial score (nSPS) is 12.1. The number of thiol groups is 1. The van der Waals surface area contributed by atoms with E-state index in [1.807, 2.05) is 47.5 Å². The van der Waals surface area contributed by atoms with Gasteiger partial charge in [0.25, 0.3) is 0 Å². The van der Waals surface area contributed by atoms with Crippen molar-refractivity contribution in [3.8, 4) is 0 Å². The van der Waals surface area contributed by atoms with E-state index in [0.29, 0.717) is 18.0 Å². The topological polar surface area (TPSA) is 62.5 Å². The molecule has 7 heteroatoms. The van der Waals surface area contributed by atoms with Gasteiger partial charge in [-0.3, -0.25) is 5.41 Å². The average molecular weight is 703 g/mol. The molecular weight excluding hydrogens is 619 g/mol. The lowest BCUT2D eigenvalue weighted by Gasteiger charge is -2.14. The van der Waals surface area contributed by atoms with Gasteiger partial charge in [-0.25, -0.2) is 4.40 Å². The Morgan fingerprint density at radius 2 is 1.26 bits per heavy atom. The minimum Gasteiger partial charge on any atom is -0.477 e. The fourth-order valence-corrected chi connectivity index (χ4v) is 4.59. The summed E-state index contributed by atoms with van der Waals surface area (Å²) in [6.07, 6.45) is 23.1. The van der Waals surface area contributed by atoms with Crippen molar-refractivity contribution in [3.05, 3.63) is 11.6 Å². The summed E-state index contributed by atoms with van der Waals surface area (Å²) in [6.45, 7) is 30.1. The molecule has 0 rings (SSSR count). The number of halogens is 1. The molecule has 0 amide bonds. The highest BCUT2D eigenvalue weighted by molar-refractivity contribution is 7.79. The Morgan fingerprint density at radius 3 is 1.60 bits per heavy atom. The highest BCUT2D eigenvalue weighted by atomic mass is 35.5. The Hall–Kier alpha value is -0.745. The molecule has 0 heterocycles. The van der Waals surface area contributed by atoms with Crippen LogP contribution < -0.4 is 0 Å². The zero-order chi connectivity index (χ0) is 37.5. The van der Waals surface area contributed by atoms with E-state index in [1.165, 1.54) is 77.0 Å². The van der Waals surface area contributed by atoms with Crippen LogP contribution in [0.4, 0.5) is 0 Å². The first-order valence-corrected chi connectivity index (χ1v) is 20.6. The number of carbonyl (C=O) groups is 1. The van der Waals surface area contributed by atoms with Gasteiger partial charge in [0.05, 0.1) is 17.7 Å². The van der Waals surface area contributed by atoms with Crippen LogP contribution in [-0.4, -0.2) is 36.0 Å². The molecular formula is C40H84BClN2O2S. The summed E-state index contributed by atoms with van der Waals surface area (Å²) in [4.78, 5) is 11.0. The lowest BCUT2D eigenvalue weighted by molar-refractivity contribution is -0.110. The summed E-state index contributed by atoms with van der Waals surface area (Å²) >= 11 is 10.1. The molecule has 282 valence electrons. The number of rotatable bonds is 23. The first-order valence-electron chi connectivity index (χ1n) is 19.7. The van der Waals surface area contributed by atoms with Crippen molar-refractivity contribution in [1.82, 2.24) is 0 Å². The molecule has 0 saturated heterocycles. The quantitative estimate of drug-likeness (QED) is 0.0278. The van der Waals surface area contributed by atoms with Crippen molar-refractivity contribution in [2.75, 3.05) is 6.61 Å². The maximum absolute atomic E-state index is 11.0. The maximum Gasteiger partial charge on any atom is 0.233 e. The van der Waals surface area contributed by atoms with Crippen molar-refractivity contribution < 1.29 is 9.53 Å². The van der Waals surface area contributed by atoms with E-state index in [4.69, 9.17) is 21.7 Å². The lowest BCUT2D eigenvalue weighted by atomic mass is 9.46. The SMILES string of the molecule is CC.CC.CCC(C)C(C)C.CCC/C=C(/C(=N/S)C(=N)OCCCCCC)C(C)Cl.CCCCCCCCCCCB(C)C(C)=O. The van der Waals surface area contributed by atoms with Crippen LogP contribution in [-0.2, 0) is 9.53 Å². The maximum atomic E-state index is 11.0. The van der Waals surface area contributed by atoms with Gasteiger partial charge in [0.1, 0.15) is 5.71 Å². The predicted molar refractivity (Wildman–Crippen MR) is 224 cm³/mol. The second-order valence-electron chi connectivity index (χ2n) is 12.5. The molecule has 0 aliphatic heterocycles. The van der Waals surface area contributed by atoms with Gasteiger partial charge in [0, 0.05) is 0 Å². The van der Waals surface area contributed by atoms with Gasteiger partial charge in [0.15, 0.2) is 0 Å². The standard InChI is InChI=1S/C15H27ClN2OS.C14H29BO.C7H16.2C2H6/c1-4-6-8-9-11-19-15(17)14(18-20)13(12(3)16)10-7-5-2;1-4-5-6-7-8-9-10-11-12-13-15(3)14(2)16;1-5-7(4)6(2)3;2*1-2/h10,12,17,20H,4-9,11H2,1-3H3;4-13H2,1-3H3;6-7H,5H2,1-4H3;2*1-2H3/b13-10+,17-15?,18-14-;;;;. The smallest absolute Gasteiger partial charge is 0.233 e. The van der Waals surface area contributed by atoms with E-state index < -0.39 is 0 Å². The summed E-state index contributed by atoms with van der Waals surface area (Å²) in [7, 11) is 0. The molecule has 2 unspecified atom stereocenters. The molecule has 2 atom stereocenters. The molecule has 0 aliphatic rings. The predicted octanol–water partition coefficient (Wildman–Crippen LogP) is 14.7. The second kappa shape index (κ2) is 45.3. The van der Waals surface area contributed by atoms with Crippen LogP contribution in [0, 0.1) is 17.2 Å². The number of alkyl halides is 1. The molecule has 0 fully saturated rings. The van der Waals surface area contributed by atoms with Crippen LogP contribution >= 0.6 is 24.4 Å². The molecule has 0 aromatic heterocycles. The molecule has 4 nitrogen and oxygen atoms in total.